The summed E-state index contributed by atoms with van der Waals surface area (Å²) in [7, 11) is 1.30. The van der Waals surface area contributed by atoms with E-state index in [9.17, 15) is 9.59 Å². The number of rotatable bonds is 7. The smallest absolute Gasteiger partial charge is 0.343 e. The fourth-order valence-electron chi connectivity index (χ4n) is 3.01. The number of fused-ring (bicyclic) bond motifs is 1. The predicted octanol–water partition coefficient (Wildman–Crippen LogP) is 3.28. The summed E-state index contributed by atoms with van der Waals surface area (Å²) < 4.78 is 11.8. The Morgan fingerprint density at radius 1 is 1.03 bits per heavy atom. The van der Waals surface area contributed by atoms with E-state index in [0.29, 0.717) is 34.7 Å². The Balaban J connectivity index is 1.42. The van der Waals surface area contributed by atoms with Gasteiger partial charge in [0.1, 0.15) is 11.3 Å². The van der Waals surface area contributed by atoms with Gasteiger partial charge in [-0.05, 0) is 35.9 Å². The van der Waals surface area contributed by atoms with Crippen molar-refractivity contribution in [3.05, 3.63) is 84.3 Å². The van der Waals surface area contributed by atoms with Gasteiger partial charge in [-0.1, -0.05) is 30.3 Å². The van der Waals surface area contributed by atoms with E-state index in [0.717, 1.165) is 5.56 Å². The van der Waals surface area contributed by atoms with Gasteiger partial charge in [-0.15, -0.1) is 0 Å². The van der Waals surface area contributed by atoms with Crippen LogP contribution in [0.25, 0.3) is 11.2 Å². The van der Waals surface area contributed by atoms with Crippen molar-refractivity contribution in [3.8, 4) is 5.75 Å². The van der Waals surface area contributed by atoms with Crippen molar-refractivity contribution in [2.75, 3.05) is 19.0 Å². The van der Waals surface area contributed by atoms with Gasteiger partial charge >= 0.3 is 5.97 Å². The molecule has 8 heteroatoms. The van der Waals surface area contributed by atoms with E-state index in [4.69, 9.17) is 4.74 Å². The Labute approximate surface area is 178 Å². The number of carbonyl (C=O) groups excluding carboxylic acids is 2. The first kappa shape index (κ1) is 20.1. The van der Waals surface area contributed by atoms with Gasteiger partial charge in [0, 0.05) is 11.9 Å². The normalized spacial score (nSPS) is 10.6. The number of hydrogen-bond donors (Lipinski definition) is 1. The number of hydrogen-bond acceptors (Lipinski definition) is 6. The fraction of sp³-hybridized carbons (Fsp3) is 0.130. The van der Waals surface area contributed by atoms with Gasteiger partial charge in [-0.25, -0.2) is 14.8 Å². The zero-order chi connectivity index (χ0) is 21.6. The zero-order valence-corrected chi connectivity index (χ0v) is 16.8. The summed E-state index contributed by atoms with van der Waals surface area (Å²) >= 11 is 0. The summed E-state index contributed by atoms with van der Waals surface area (Å²) in [5.41, 5.74) is 3.50. The number of pyridine rings is 1. The van der Waals surface area contributed by atoms with Crippen molar-refractivity contribution in [1.82, 2.24) is 14.5 Å². The average molecular weight is 416 g/mol. The number of carbonyl (C=O) groups is 2. The molecule has 0 spiro atoms. The van der Waals surface area contributed by atoms with Crippen LogP contribution >= 0.6 is 0 Å². The van der Waals surface area contributed by atoms with Crippen molar-refractivity contribution in [1.29, 1.82) is 0 Å². The molecule has 1 amide bonds. The molecule has 1 N–H and O–H groups in total. The summed E-state index contributed by atoms with van der Waals surface area (Å²) in [4.78, 5) is 32.6. The molecule has 4 rings (SSSR count). The molecule has 0 saturated heterocycles. The summed E-state index contributed by atoms with van der Waals surface area (Å²) in [6, 6.07) is 18.4. The number of methoxy groups -OCH3 is 1. The second kappa shape index (κ2) is 9.08. The Morgan fingerprint density at radius 2 is 1.81 bits per heavy atom. The number of aromatic nitrogens is 3. The largest absolute Gasteiger partial charge is 0.482 e. The van der Waals surface area contributed by atoms with E-state index in [1.54, 1.807) is 36.7 Å². The first-order valence-corrected chi connectivity index (χ1v) is 9.58. The fourth-order valence-corrected chi connectivity index (χ4v) is 3.01. The van der Waals surface area contributed by atoms with Gasteiger partial charge in [0.15, 0.2) is 12.3 Å². The van der Waals surface area contributed by atoms with E-state index in [-0.39, 0.29) is 12.5 Å². The first-order valence-electron chi connectivity index (χ1n) is 9.58. The van der Waals surface area contributed by atoms with Gasteiger partial charge < -0.3 is 19.4 Å². The third-order valence-corrected chi connectivity index (χ3v) is 4.61. The van der Waals surface area contributed by atoms with Crippen LogP contribution in [0.2, 0.25) is 0 Å². The molecule has 0 fully saturated rings. The molecule has 0 aliphatic carbocycles. The lowest BCUT2D eigenvalue weighted by Crippen LogP contribution is -2.13. The monoisotopic (exact) mass is 416 g/mol. The van der Waals surface area contributed by atoms with Crippen LogP contribution in [0.15, 0.2) is 73.2 Å². The maximum atomic E-state index is 12.6. The Kier molecular flexibility index (Phi) is 5.89. The maximum absolute atomic E-state index is 12.6. The molecule has 156 valence electrons. The molecule has 0 unspecified atom stereocenters. The highest BCUT2D eigenvalue weighted by Crippen LogP contribution is 2.18. The van der Waals surface area contributed by atoms with Crippen LogP contribution in [0.4, 0.5) is 5.69 Å². The average Bonchev–Trinajstić information content (AvgIpc) is 3.21. The SMILES string of the molecule is COC(=O)COc1ccc(NC(=O)c2cnc3c(c2)ncn3Cc2ccccc2)cc1. The van der Waals surface area contributed by atoms with E-state index < -0.39 is 5.97 Å². The zero-order valence-electron chi connectivity index (χ0n) is 16.8. The summed E-state index contributed by atoms with van der Waals surface area (Å²) in [5.74, 6) is -0.267. The maximum Gasteiger partial charge on any atom is 0.343 e. The van der Waals surface area contributed by atoms with Crippen molar-refractivity contribution in [2.45, 2.75) is 6.54 Å². The molecule has 0 aliphatic heterocycles. The van der Waals surface area contributed by atoms with Crippen LogP contribution in [-0.4, -0.2) is 40.1 Å². The number of ether oxygens (including phenoxy) is 2. The molecular weight excluding hydrogens is 396 g/mol. The summed E-state index contributed by atoms with van der Waals surface area (Å²) in [5, 5.41) is 2.81. The number of amides is 1. The number of anilines is 1. The molecule has 0 saturated carbocycles. The van der Waals surface area contributed by atoms with Crippen LogP contribution in [0.5, 0.6) is 5.75 Å². The second-order valence-electron chi connectivity index (χ2n) is 6.77. The molecule has 8 nitrogen and oxygen atoms in total. The van der Waals surface area contributed by atoms with Crippen LogP contribution in [0.1, 0.15) is 15.9 Å². The minimum Gasteiger partial charge on any atom is -0.482 e. The summed E-state index contributed by atoms with van der Waals surface area (Å²) in [6.45, 7) is 0.477. The molecule has 2 aromatic carbocycles. The highest BCUT2D eigenvalue weighted by molar-refractivity contribution is 6.05. The number of esters is 1. The topological polar surface area (TPSA) is 95.3 Å². The Bertz CT molecular complexity index is 1200. The number of benzene rings is 2. The van der Waals surface area contributed by atoms with E-state index in [2.05, 4.69) is 20.0 Å². The Morgan fingerprint density at radius 3 is 2.55 bits per heavy atom. The van der Waals surface area contributed by atoms with E-state index in [1.165, 1.54) is 13.3 Å². The minimum atomic E-state index is -0.466. The van der Waals surface area contributed by atoms with Crippen LogP contribution < -0.4 is 10.1 Å². The van der Waals surface area contributed by atoms with Gasteiger partial charge in [0.2, 0.25) is 0 Å². The predicted molar refractivity (Wildman–Crippen MR) is 115 cm³/mol. The van der Waals surface area contributed by atoms with Crippen LogP contribution in [-0.2, 0) is 16.1 Å². The number of nitrogens with one attached hydrogen (secondary N) is 1. The third-order valence-electron chi connectivity index (χ3n) is 4.61. The third kappa shape index (κ3) is 4.87. The van der Waals surface area contributed by atoms with Gasteiger partial charge in [0.25, 0.3) is 5.91 Å². The molecule has 0 bridgehead atoms. The standard InChI is InChI=1S/C23H20N4O4/c1-30-21(28)14-31-19-9-7-18(8-10-19)26-23(29)17-11-20-22(24-12-17)27(15-25-20)13-16-5-3-2-4-6-16/h2-12,15H,13-14H2,1H3,(H,26,29). The van der Waals surface area contributed by atoms with E-state index in [1.807, 2.05) is 34.9 Å². The van der Waals surface area contributed by atoms with Gasteiger partial charge in [-0.3, -0.25) is 4.79 Å². The van der Waals surface area contributed by atoms with Crippen molar-refractivity contribution >= 4 is 28.7 Å². The van der Waals surface area contributed by atoms with Crippen molar-refractivity contribution < 1.29 is 19.1 Å². The lowest BCUT2D eigenvalue weighted by molar-refractivity contribution is -0.142. The minimum absolute atomic E-state index is 0.176. The molecule has 31 heavy (non-hydrogen) atoms. The number of imidazole rings is 1. The van der Waals surface area contributed by atoms with Crippen LogP contribution in [0, 0.1) is 0 Å². The van der Waals surface area contributed by atoms with Gasteiger partial charge in [0.05, 0.1) is 25.5 Å². The highest BCUT2D eigenvalue weighted by atomic mass is 16.6. The molecule has 2 heterocycles. The quantitative estimate of drug-likeness (QED) is 0.465. The Hall–Kier alpha value is -4.20. The first-order chi connectivity index (χ1) is 15.1. The molecular formula is C23H20N4O4. The lowest BCUT2D eigenvalue weighted by atomic mass is 10.2. The van der Waals surface area contributed by atoms with Crippen LogP contribution in [0.3, 0.4) is 0 Å². The van der Waals surface area contributed by atoms with E-state index >= 15 is 0 Å². The molecule has 0 aliphatic rings. The summed E-state index contributed by atoms with van der Waals surface area (Å²) in [6.07, 6.45) is 3.26. The van der Waals surface area contributed by atoms with Crippen molar-refractivity contribution in [3.63, 3.8) is 0 Å². The molecule has 0 atom stereocenters. The lowest BCUT2D eigenvalue weighted by Gasteiger charge is -2.08. The molecule has 4 aromatic rings. The second-order valence-corrected chi connectivity index (χ2v) is 6.77. The highest BCUT2D eigenvalue weighted by Gasteiger charge is 2.11. The number of nitrogens with zero attached hydrogens (tertiary/aromatic N) is 3. The van der Waals surface area contributed by atoms with Crippen molar-refractivity contribution in [2.24, 2.45) is 0 Å². The molecule has 0 radical (unpaired) electrons. The van der Waals surface area contributed by atoms with Gasteiger partial charge in [-0.2, -0.15) is 0 Å². The molecule has 2 aromatic heterocycles.